The zero-order valence-corrected chi connectivity index (χ0v) is 14.9. The van der Waals surface area contributed by atoms with Crippen molar-refractivity contribution in [2.45, 2.75) is 13.5 Å². The Hall–Kier alpha value is -2.67. The van der Waals surface area contributed by atoms with E-state index in [1.807, 2.05) is 25.1 Å². The van der Waals surface area contributed by atoms with Gasteiger partial charge in [-0.05, 0) is 60.6 Å². The number of hydrogen-bond donors (Lipinski definition) is 2. The number of thiocarbonyl (C=S) groups is 1. The molecule has 7 heteroatoms. The number of nitrogens with zero attached hydrogens (tertiary/aromatic N) is 1. The van der Waals surface area contributed by atoms with Crippen molar-refractivity contribution in [3.05, 3.63) is 59.4 Å². The first kappa shape index (κ1) is 18.7. The van der Waals surface area contributed by atoms with Crippen molar-refractivity contribution < 1.29 is 13.9 Å². The Kier molecular flexibility index (Phi) is 7.16. The van der Waals surface area contributed by atoms with E-state index < -0.39 is 0 Å². The zero-order valence-electron chi connectivity index (χ0n) is 14.1. The molecule has 0 saturated heterocycles. The van der Waals surface area contributed by atoms with Crippen molar-refractivity contribution in [2.24, 2.45) is 5.10 Å². The first-order valence-electron chi connectivity index (χ1n) is 7.74. The Labute approximate surface area is 151 Å². The molecule has 2 aromatic rings. The first-order valence-corrected chi connectivity index (χ1v) is 8.15. The summed E-state index contributed by atoms with van der Waals surface area (Å²) in [6, 6.07) is 11.7. The minimum atomic E-state index is -0.264. The van der Waals surface area contributed by atoms with E-state index in [2.05, 4.69) is 15.8 Å². The molecule has 0 bridgehead atoms. The van der Waals surface area contributed by atoms with Crippen LogP contribution in [0.2, 0.25) is 0 Å². The Morgan fingerprint density at radius 2 is 1.96 bits per heavy atom. The van der Waals surface area contributed by atoms with Gasteiger partial charge in [-0.25, -0.2) is 4.39 Å². The molecule has 0 atom stereocenters. The molecule has 0 aliphatic heterocycles. The highest BCUT2D eigenvalue weighted by molar-refractivity contribution is 7.80. The van der Waals surface area contributed by atoms with Crippen molar-refractivity contribution in [2.75, 3.05) is 13.7 Å². The minimum absolute atomic E-state index is 0.264. The van der Waals surface area contributed by atoms with Gasteiger partial charge in [0.25, 0.3) is 0 Å². The average Bonchev–Trinajstić information content (AvgIpc) is 2.62. The van der Waals surface area contributed by atoms with E-state index in [1.165, 1.54) is 12.1 Å². The zero-order chi connectivity index (χ0) is 18.1. The summed E-state index contributed by atoms with van der Waals surface area (Å²) < 4.78 is 23.6. The van der Waals surface area contributed by atoms with E-state index in [0.717, 1.165) is 11.1 Å². The first-order chi connectivity index (χ1) is 12.1. The lowest BCUT2D eigenvalue weighted by Crippen LogP contribution is -2.31. The van der Waals surface area contributed by atoms with Crippen LogP contribution in [0.3, 0.4) is 0 Å². The second-order valence-corrected chi connectivity index (χ2v) is 5.43. The Bertz CT molecular complexity index is 736. The molecule has 2 N–H and O–H groups in total. The lowest BCUT2D eigenvalue weighted by Gasteiger charge is -2.09. The summed E-state index contributed by atoms with van der Waals surface area (Å²) >= 11 is 5.14. The molecule has 0 spiro atoms. The molecular formula is C18H20FN3O2S. The van der Waals surface area contributed by atoms with Gasteiger partial charge in [0, 0.05) is 6.54 Å². The van der Waals surface area contributed by atoms with E-state index in [9.17, 15) is 4.39 Å². The van der Waals surface area contributed by atoms with Crippen LogP contribution >= 0.6 is 12.2 Å². The highest BCUT2D eigenvalue weighted by Crippen LogP contribution is 2.27. The van der Waals surface area contributed by atoms with Gasteiger partial charge in [0.2, 0.25) is 0 Å². The molecule has 2 aromatic carbocycles. The standard InChI is InChI=1S/C18H20FN3O2S/c1-3-24-16-9-6-14(10-17(16)23-2)12-21-22-18(25)20-11-13-4-7-15(19)8-5-13/h4-10,12H,3,11H2,1-2H3,(H2,20,22,25)/b21-12-. The molecule has 132 valence electrons. The summed E-state index contributed by atoms with van der Waals surface area (Å²) in [4.78, 5) is 0. The Balaban J connectivity index is 1.85. The SMILES string of the molecule is CCOc1ccc(/C=N\NC(=S)NCc2ccc(F)cc2)cc1OC. The van der Waals surface area contributed by atoms with Gasteiger partial charge in [0.15, 0.2) is 16.6 Å². The van der Waals surface area contributed by atoms with Crippen LogP contribution in [0.5, 0.6) is 11.5 Å². The molecule has 0 aliphatic rings. The fourth-order valence-electron chi connectivity index (χ4n) is 2.03. The number of hydrazone groups is 1. The van der Waals surface area contributed by atoms with Gasteiger partial charge in [-0.3, -0.25) is 5.43 Å². The second-order valence-electron chi connectivity index (χ2n) is 5.02. The maximum atomic E-state index is 12.8. The maximum absolute atomic E-state index is 12.8. The van der Waals surface area contributed by atoms with Crippen molar-refractivity contribution >= 4 is 23.5 Å². The molecule has 0 fully saturated rings. The highest BCUT2D eigenvalue weighted by atomic mass is 32.1. The number of benzene rings is 2. The van der Waals surface area contributed by atoms with E-state index in [4.69, 9.17) is 21.7 Å². The topological polar surface area (TPSA) is 54.9 Å². The summed E-state index contributed by atoms with van der Waals surface area (Å²) in [5.41, 5.74) is 4.50. The van der Waals surface area contributed by atoms with Gasteiger partial charge in [-0.1, -0.05) is 12.1 Å². The van der Waals surface area contributed by atoms with Crippen molar-refractivity contribution in [3.63, 3.8) is 0 Å². The average molecular weight is 361 g/mol. The molecule has 0 unspecified atom stereocenters. The van der Waals surface area contributed by atoms with Crippen molar-refractivity contribution in [3.8, 4) is 11.5 Å². The highest BCUT2D eigenvalue weighted by Gasteiger charge is 2.04. The van der Waals surface area contributed by atoms with Gasteiger partial charge in [-0.2, -0.15) is 5.10 Å². The molecule has 2 rings (SSSR count). The lowest BCUT2D eigenvalue weighted by molar-refractivity contribution is 0.311. The third-order valence-corrected chi connectivity index (χ3v) is 3.47. The summed E-state index contributed by atoms with van der Waals surface area (Å²) in [6.45, 7) is 2.97. The van der Waals surface area contributed by atoms with Crippen LogP contribution < -0.4 is 20.2 Å². The van der Waals surface area contributed by atoms with Crippen LogP contribution in [0.25, 0.3) is 0 Å². The van der Waals surface area contributed by atoms with E-state index >= 15 is 0 Å². The van der Waals surface area contributed by atoms with Crippen LogP contribution in [0, 0.1) is 5.82 Å². The molecule has 25 heavy (non-hydrogen) atoms. The van der Waals surface area contributed by atoms with Crippen molar-refractivity contribution in [1.29, 1.82) is 0 Å². The molecule has 0 aliphatic carbocycles. The quantitative estimate of drug-likeness (QED) is 0.450. The molecule has 0 aromatic heterocycles. The van der Waals surface area contributed by atoms with Gasteiger partial charge in [-0.15, -0.1) is 0 Å². The van der Waals surface area contributed by atoms with Gasteiger partial charge >= 0.3 is 0 Å². The maximum Gasteiger partial charge on any atom is 0.187 e. The fraction of sp³-hybridized carbons (Fsp3) is 0.222. The summed E-state index contributed by atoms with van der Waals surface area (Å²) in [5, 5.41) is 7.45. The normalized spacial score (nSPS) is 10.5. The second kappa shape index (κ2) is 9.58. The predicted octanol–water partition coefficient (Wildman–Crippen LogP) is 3.23. The third kappa shape index (κ3) is 6.04. The monoisotopic (exact) mass is 361 g/mol. The van der Waals surface area contributed by atoms with E-state index in [0.29, 0.717) is 29.8 Å². The van der Waals surface area contributed by atoms with Crippen LogP contribution in [0.4, 0.5) is 4.39 Å². The molecule has 0 heterocycles. The van der Waals surface area contributed by atoms with Crippen LogP contribution in [-0.4, -0.2) is 25.0 Å². The summed E-state index contributed by atoms with van der Waals surface area (Å²) in [7, 11) is 1.59. The molecule has 0 radical (unpaired) electrons. The van der Waals surface area contributed by atoms with E-state index in [1.54, 1.807) is 25.5 Å². The molecule has 0 amide bonds. The Morgan fingerprint density at radius 3 is 2.64 bits per heavy atom. The number of ether oxygens (including phenoxy) is 2. The molecular weight excluding hydrogens is 341 g/mol. The molecule has 5 nitrogen and oxygen atoms in total. The van der Waals surface area contributed by atoms with Gasteiger partial charge in [0.05, 0.1) is 19.9 Å². The number of hydrogen-bond acceptors (Lipinski definition) is 4. The minimum Gasteiger partial charge on any atom is -0.493 e. The summed E-state index contributed by atoms with van der Waals surface area (Å²) in [5.74, 6) is 1.06. The van der Waals surface area contributed by atoms with Crippen LogP contribution in [-0.2, 0) is 6.54 Å². The van der Waals surface area contributed by atoms with E-state index in [-0.39, 0.29) is 5.82 Å². The van der Waals surface area contributed by atoms with Gasteiger partial charge in [0.1, 0.15) is 5.82 Å². The number of halogens is 1. The lowest BCUT2D eigenvalue weighted by atomic mass is 10.2. The number of rotatable bonds is 7. The molecule has 0 saturated carbocycles. The largest absolute Gasteiger partial charge is 0.493 e. The van der Waals surface area contributed by atoms with Crippen LogP contribution in [0.15, 0.2) is 47.6 Å². The predicted molar refractivity (Wildman–Crippen MR) is 101 cm³/mol. The number of nitrogens with one attached hydrogen (secondary N) is 2. The fourth-order valence-corrected chi connectivity index (χ4v) is 2.15. The van der Waals surface area contributed by atoms with Crippen LogP contribution in [0.1, 0.15) is 18.1 Å². The summed E-state index contributed by atoms with van der Waals surface area (Å²) in [6.07, 6.45) is 1.63. The third-order valence-electron chi connectivity index (χ3n) is 3.23. The smallest absolute Gasteiger partial charge is 0.187 e. The number of methoxy groups -OCH3 is 1. The van der Waals surface area contributed by atoms with Gasteiger partial charge < -0.3 is 14.8 Å². The van der Waals surface area contributed by atoms with Crippen molar-refractivity contribution in [1.82, 2.24) is 10.7 Å². The Morgan fingerprint density at radius 1 is 1.20 bits per heavy atom.